The van der Waals surface area contributed by atoms with E-state index in [1.54, 1.807) is 43.3 Å². The fourth-order valence-electron chi connectivity index (χ4n) is 3.48. The number of carbonyl (C=O) groups excluding carboxylic acids is 1. The molecule has 0 aliphatic carbocycles. The van der Waals surface area contributed by atoms with Crippen LogP contribution in [0.1, 0.15) is 34.0 Å². The summed E-state index contributed by atoms with van der Waals surface area (Å²) in [5, 5.41) is 3.26. The summed E-state index contributed by atoms with van der Waals surface area (Å²) < 4.78 is 33.1. The highest BCUT2D eigenvalue weighted by molar-refractivity contribution is 7.92. The average molecular weight is 487 g/mol. The molecule has 0 aliphatic heterocycles. The predicted octanol–water partition coefficient (Wildman–Crippen LogP) is 5.74. The van der Waals surface area contributed by atoms with Crippen molar-refractivity contribution in [2.75, 3.05) is 23.3 Å². The number of nitrogens with one attached hydrogen (secondary N) is 1. The van der Waals surface area contributed by atoms with Crippen molar-refractivity contribution in [3.05, 3.63) is 81.9 Å². The fourth-order valence-corrected chi connectivity index (χ4v) is 5.07. The van der Waals surface area contributed by atoms with E-state index in [0.29, 0.717) is 34.3 Å². The summed E-state index contributed by atoms with van der Waals surface area (Å²) in [5.74, 6) is 0.230. The highest BCUT2D eigenvalue weighted by Crippen LogP contribution is 2.29. The Hall–Kier alpha value is -3.03. The van der Waals surface area contributed by atoms with Crippen molar-refractivity contribution in [1.82, 2.24) is 0 Å². The van der Waals surface area contributed by atoms with Gasteiger partial charge in [0.2, 0.25) is 0 Å². The van der Waals surface area contributed by atoms with Gasteiger partial charge in [0.25, 0.3) is 15.9 Å². The molecule has 8 heteroatoms. The van der Waals surface area contributed by atoms with Gasteiger partial charge in [-0.3, -0.25) is 9.10 Å². The molecule has 0 aromatic heterocycles. The van der Waals surface area contributed by atoms with Crippen LogP contribution >= 0.6 is 11.6 Å². The van der Waals surface area contributed by atoms with E-state index in [4.69, 9.17) is 16.3 Å². The van der Waals surface area contributed by atoms with Gasteiger partial charge in [-0.25, -0.2) is 8.42 Å². The lowest BCUT2D eigenvalue weighted by molar-refractivity contribution is 0.102. The maximum atomic E-state index is 13.3. The number of rotatable bonds is 7. The second-order valence-corrected chi connectivity index (χ2v) is 10.1. The number of hydrogen-bond acceptors (Lipinski definition) is 4. The molecule has 6 nitrogen and oxygen atoms in total. The van der Waals surface area contributed by atoms with Gasteiger partial charge in [-0.05, 0) is 86.8 Å². The second kappa shape index (κ2) is 9.85. The smallest absolute Gasteiger partial charge is 0.264 e. The van der Waals surface area contributed by atoms with Gasteiger partial charge in [-0.2, -0.15) is 0 Å². The number of hydrogen-bond donors (Lipinski definition) is 1. The van der Waals surface area contributed by atoms with Crippen molar-refractivity contribution < 1.29 is 17.9 Å². The Morgan fingerprint density at radius 3 is 2.27 bits per heavy atom. The van der Waals surface area contributed by atoms with E-state index < -0.39 is 15.9 Å². The van der Waals surface area contributed by atoms with Gasteiger partial charge in [0.15, 0.2) is 0 Å². The van der Waals surface area contributed by atoms with Crippen molar-refractivity contribution in [1.29, 1.82) is 0 Å². The minimum atomic E-state index is -3.90. The lowest BCUT2D eigenvalue weighted by atomic mass is 10.1. The highest BCUT2D eigenvalue weighted by atomic mass is 35.5. The Balaban J connectivity index is 1.92. The molecule has 33 heavy (non-hydrogen) atoms. The van der Waals surface area contributed by atoms with Gasteiger partial charge in [0, 0.05) is 12.6 Å². The Bertz CT molecular complexity index is 1270. The van der Waals surface area contributed by atoms with E-state index >= 15 is 0 Å². The first-order valence-corrected chi connectivity index (χ1v) is 12.3. The SMILES string of the molecule is CCOc1ccc(N(C)S(=O)(=O)c2ccc(C)c(C(=O)Nc3c(C)cc(C)cc3Cl)c2)cc1. The fraction of sp³-hybridized carbons (Fsp3) is 0.240. The molecule has 174 valence electrons. The predicted molar refractivity (Wildman–Crippen MR) is 133 cm³/mol. The first kappa shape index (κ1) is 24.6. The number of nitrogens with zero attached hydrogens (tertiary/aromatic N) is 1. The summed E-state index contributed by atoms with van der Waals surface area (Å²) in [6.45, 7) is 7.93. The first-order valence-electron chi connectivity index (χ1n) is 10.4. The number of halogens is 1. The molecule has 3 rings (SSSR count). The molecule has 0 atom stereocenters. The Morgan fingerprint density at radius 1 is 1.00 bits per heavy atom. The molecule has 0 saturated carbocycles. The van der Waals surface area contributed by atoms with Crippen LogP contribution in [0.5, 0.6) is 5.75 Å². The normalized spacial score (nSPS) is 11.2. The summed E-state index contributed by atoms with van der Waals surface area (Å²) in [5.41, 5.74) is 3.70. The largest absolute Gasteiger partial charge is 0.494 e. The van der Waals surface area contributed by atoms with Gasteiger partial charge in [-0.1, -0.05) is 23.7 Å². The van der Waals surface area contributed by atoms with Crippen molar-refractivity contribution in [3.8, 4) is 5.75 Å². The zero-order chi connectivity index (χ0) is 24.3. The lowest BCUT2D eigenvalue weighted by Crippen LogP contribution is -2.27. The van der Waals surface area contributed by atoms with Crippen LogP contribution in [0.25, 0.3) is 0 Å². The lowest BCUT2D eigenvalue weighted by Gasteiger charge is -2.21. The number of sulfonamides is 1. The van der Waals surface area contributed by atoms with Crippen LogP contribution in [0.4, 0.5) is 11.4 Å². The second-order valence-electron chi connectivity index (χ2n) is 7.77. The Morgan fingerprint density at radius 2 is 1.67 bits per heavy atom. The highest BCUT2D eigenvalue weighted by Gasteiger charge is 2.24. The van der Waals surface area contributed by atoms with Crippen molar-refractivity contribution in [3.63, 3.8) is 0 Å². The number of amides is 1. The Labute approximate surface area is 200 Å². The molecular weight excluding hydrogens is 460 g/mol. The maximum Gasteiger partial charge on any atom is 0.264 e. The van der Waals surface area contributed by atoms with Gasteiger partial charge < -0.3 is 10.1 Å². The van der Waals surface area contributed by atoms with Crippen molar-refractivity contribution in [2.45, 2.75) is 32.6 Å². The summed E-state index contributed by atoms with van der Waals surface area (Å²) in [4.78, 5) is 13.1. The third-order valence-corrected chi connectivity index (χ3v) is 7.37. The van der Waals surface area contributed by atoms with Crippen LogP contribution < -0.4 is 14.4 Å². The van der Waals surface area contributed by atoms with E-state index in [-0.39, 0.29) is 10.5 Å². The zero-order valence-electron chi connectivity index (χ0n) is 19.3. The molecule has 3 aromatic rings. The third-order valence-electron chi connectivity index (χ3n) is 5.29. The minimum Gasteiger partial charge on any atom is -0.494 e. The van der Waals surface area contributed by atoms with E-state index in [2.05, 4.69) is 5.32 Å². The summed E-state index contributed by atoms with van der Waals surface area (Å²) in [7, 11) is -2.43. The monoisotopic (exact) mass is 486 g/mol. The van der Waals surface area contributed by atoms with E-state index in [1.165, 1.54) is 23.5 Å². The molecule has 0 aliphatic rings. The number of aryl methyl sites for hydroxylation is 3. The van der Waals surface area contributed by atoms with E-state index in [0.717, 1.165) is 11.1 Å². The van der Waals surface area contributed by atoms with Crippen LogP contribution in [0.2, 0.25) is 5.02 Å². The third kappa shape index (κ3) is 5.31. The van der Waals surface area contributed by atoms with Crippen molar-refractivity contribution in [2.24, 2.45) is 0 Å². The number of benzene rings is 3. The van der Waals surface area contributed by atoms with Gasteiger partial charge in [-0.15, -0.1) is 0 Å². The number of anilines is 2. The van der Waals surface area contributed by atoms with E-state index in [1.807, 2.05) is 26.8 Å². The molecular formula is C25H27ClN2O4S. The molecule has 1 N–H and O–H groups in total. The van der Waals surface area contributed by atoms with Crippen LogP contribution in [-0.4, -0.2) is 28.0 Å². The molecule has 0 radical (unpaired) electrons. The Kier molecular flexibility index (Phi) is 7.34. The average Bonchev–Trinajstić information content (AvgIpc) is 2.76. The van der Waals surface area contributed by atoms with Gasteiger partial charge in [0.05, 0.1) is 27.9 Å². The number of carbonyl (C=O) groups is 1. The first-order chi connectivity index (χ1) is 15.5. The minimum absolute atomic E-state index is 0.0151. The summed E-state index contributed by atoms with van der Waals surface area (Å²) in [6.07, 6.45) is 0. The molecule has 0 fully saturated rings. The number of ether oxygens (including phenoxy) is 1. The van der Waals surface area contributed by atoms with Gasteiger partial charge in [0.1, 0.15) is 5.75 Å². The molecule has 0 unspecified atom stereocenters. The molecule has 0 heterocycles. The van der Waals surface area contributed by atoms with E-state index in [9.17, 15) is 13.2 Å². The molecule has 0 bridgehead atoms. The molecule has 0 spiro atoms. The van der Waals surface area contributed by atoms with Gasteiger partial charge >= 0.3 is 0 Å². The van der Waals surface area contributed by atoms with Crippen LogP contribution in [0.3, 0.4) is 0 Å². The maximum absolute atomic E-state index is 13.3. The van der Waals surface area contributed by atoms with Crippen LogP contribution in [-0.2, 0) is 10.0 Å². The summed E-state index contributed by atoms with van der Waals surface area (Å²) >= 11 is 6.32. The zero-order valence-corrected chi connectivity index (χ0v) is 20.8. The standard InChI is InChI=1S/C25H27ClN2O4S/c1-6-32-20-10-8-19(9-11-20)28(5)33(30,31)21-12-7-17(3)22(15-21)25(29)27-24-18(4)13-16(2)14-23(24)26/h7-15H,6H2,1-5H3,(H,27,29). The molecule has 0 saturated heterocycles. The summed E-state index contributed by atoms with van der Waals surface area (Å²) in [6, 6.07) is 15.0. The topological polar surface area (TPSA) is 75.7 Å². The van der Waals surface area contributed by atoms with Crippen molar-refractivity contribution >= 4 is 38.9 Å². The molecule has 1 amide bonds. The van der Waals surface area contributed by atoms with Crippen LogP contribution in [0.15, 0.2) is 59.5 Å². The quantitative estimate of drug-likeness (QED) is 0.462. The van der Waals surface area contributed by atoms with Crippen LogP contribution in [0, 0.1) is 20.8 Å². The molecule has 3 aromatic carbocycles.